The highest BCUT2D eigenvalue weighted by molar-refractivity contribution is 7.15. The maximum absolute atomic E-state index is 4.83. The van der Waals surface area contributed by atoms with Gasteiger partial charge >= 0.3 is 0 Å². The van der Waals surface area contributed by atoms with Gasteiger partial charge in [0.2, 0.25) is 0 Å². The third-order valence-electron chi connectivity index (χ3n) is 7.82. The number of pyridine rings is 1. The average Bonchev–Trinajstić information content (AvgIpc) is 3.43. The molecular formula is C34H38N6S. The van der Waals surface area contributed by atoms with E-state index < -0.39 is 0 Å². The van der Waals surface area contributed by atoms with E-state index in [1.54, 1.807) is 0 Å². The maximum Gasteiger partial charge on any atom is 0.138 e. The molecule has 6 nitrogen and oxygen atoms in total. The average molecular weight is 563 g/mol. The fraction of sp³-hybridized carbons (Fsp3) is 0.324. The molecule has 1 atom stereocenters. The molecule has 0 aliphatic carbocycles. The molecule has 1 aliphatic rings. The van der Waals surface area contributed by atoms with Gasteiger partial charge in [-0.15, -0.1) is 11.3 Å². The second-order valence-electron chi connectivity index (χ2n) is 11.4. The van der Waals surface area contributed by atoms with E-state index in [-0.39, 0.29) is 6.04 Å². The minimum atomic E-state index is 0.107. The molecule has 41 heavy (non-hydrogen) atoms. The van der Waals surface area contributed by atoms with Crippen LogP contribution in [0.2, 0.25) is 0 Å². The molecule has 1 saturated heterocycles. The van der Waals surface area contributed by atoms with E-state index in [9.17, 15) is 0 Å². The Labute approximate surface area is 247 Å². The molecule has 0 spiro atoms. The summed E-state index contributed by atoms with van der Waals surface area (Å²) in [5.74, 6) is 3.33. The first-order valence-electron chi connectivity index (χ1n) is 14.5. The standard InChI is InChI=1S/C34H38N6S/c1-23(31-16-17-32(41-31)28-13-9-8-12-27(28)22-39(3)4)36-34-29-18-33(35-19-30(29)37-24(2)38-34)40-20-26(21-40)15-14-25-10-6-5-7-11-25/h5-13,16-19,23,26H,14-15,20-22H2,1-4H3,(H,36,37,38). The van der Waals surface area contributed by atoms with Crippen LogP contribution in [0.1, 0.15) is 41.2 Å². The molecule has 0 saturated carbocycles. The smallest absolute Gasteiger partial charge is 0.138 e. The van der Waals surface area contributed by atoms with Crippen LogP contribution in [0.3, 0.4) is 0 Å². The number of nitrogens with one attached hydrogen (secondary N) is 1. The number of nitrogens with zero attached hydrogens (tertiary/aromatic N) is 5. The van der Waals surface area contributed by atoms with Gasteiger partial charge in [0, 0.05) is 34.8 Å². The van der Waals surface area contributed by atoms with Crippen LogP contribution in [-0.2, 0) is 13.0 Å². The van der Waals surface area contributed by atoms with Crippen LogP contribution in [0, 0.1) is 12.8 Å². The molecule has 6 rings (SSSR count). The van der Waals surface area contributed by atoms with Crippen LogP contribution in [0.4, 0.5) is 11.6 Å². The van der Waals surface area contributed by atoms with Gasteiger partial charge in [0.15, 0.2) is 0 Å². The molecule has 5 aromatic rings. The summed E-state index contributed by atoms with van der Waals surface area (Å²) in [5, 5.41) is 4.73. The number of rotatable bonds is 10. The molecule has 0 radical (unpaired) electrons. The van der Waals surface area contributed by atoms with Crippen molar-refractivity contribution in [3.63, 3.8) is 0 Å². The molecule has 210 valence electrons. The van der Waals surface area contributed by atoms with Crippen molar-refractivity contribution in [1.82, 2.24) is 19.9 Å². The predicted octanol–water partition coefficient (Wildman–Crippen LogP) is 7.37. The lowest BCUT2D eigenvalue weighted by atomic mass is 9.92. The zero-order chi connectivity index (χ0) is 28.3. The Hall–Kier alpha value is -3.81. The van der Waals surface area contributed by atoms with Crippen LogP contribution < -0.4 is 10.2 Å². The highest BCUT2D eigenvalue weighted by Crippen LogP contribution is 2.36. The normalized spacial score (nSPS) is 14.4. The van der Waals surface area contributed by atoms with Crippen molar-refractivity contribution in [3.05, 3.63) is 101 Å². The maximum atomic E-state index is 4.83. The molecule has 1 fully saturated rings. The fourth-order valence-corrected chi connectivity index (χ4v) is 6.69. The van der Waals surface area contributed by atoms with Gasteiger partial charge in [-0.05, 0) is 81.6 Å². The number of aromatic nitrogens is 3. The molecule has 1 unspecified atom stereocenters. The Morgan fingerprint density at radius 1 is 1.00 bits per heavy atom. The lowest BCUT2D eigenvalue weighted by Gasteiger charge is -2.40. The highest BCUT2D eigenvalue weighted by Gasteiger charge is 2.28. The lowest BCUT2D eigenvalue weighted by molar-refractivity contribution is 0.382. The monoisotopic (exact) mass is 562 g/mol. The topological polar surface area (TPSA) is 57.2 Å². The quantitative estimate of drug-likeness (QED) is 0.192. The summed E-state index contributed by atoms with van der Waals surface area (Å²) in [6.45, 7) is 7.17. The Kier molecular flexibility index (Phi) is 7.99. The van der Waals surface area contributed by atoms with Gasteiger partial charge in [0.05, 0.1) is 17.8 Å². The first-order chi connectivity index (χ1) is 19.9. The first-order valence-corrected chi connectivity index (χ1v) is 15.3. The first kappa shape index (κ1) is 27.4. The molecule has 1 N–H and O–H groups in total. The largest absolute Gasteiger partial charge is 0.362 e. The number of fused-ring (bicyclic) bond motifs is 1. The molecule has 0 bridgehead atoms. The molecule has 3 aromatic heterocycles. The zero-order valence-corrected chi connectivity index (χ0v) is 25.2. The second kappa shape index (κ2) is 12.0. The van der Waals surface area contributed by atoms with Crippen LogP contribution >= 0.6 is 11.3 Å². The van der Waals surface area contributed by atoms with E-state index in [0.717, 1.165) is 54.4 Å². The van der Waals surface area contributed by atoms with E-state index in [4.69, 9.17) is 9.97 Å². The van der Waals surface area contributed by atoms with Crippen molar-refractivity contribution in [3.8, 4) is 10.4 Å². The van der Waals surface area contributed by atoms with Crippen molar-refractivity contribution in [2.45, 2.75) is 39.3 Å². The van der Waals surface area contributed by atoms with Crippen molar-refractivity contribution in [1.29, 1.82) is 0 Å². The number of thiophene rings is 1. The summed E-state index contributed by atoms with van der Waals surface area (Å²) >= 11 is 1.84. The Morgan fingerprint density at radius 3 is 2.59 bits per heavy atom. The molecule has 0 amide bonds. The summed E-state index contributed by atoms with van der Waals surface area (Å²) in [4.78, 5) is 21.4. The molecule has 7 heteroatoms. The zero-order valence-electron chi connectivity index (χ0n) is 24.3. The molecule has 4 heterocycles. The Balaban J connectivity index is 1.17. The third-order valence-corrected chi connectivity index (χ3v) is 9.12. The summed E-state index contributed by atoms with van der Waals surface area (Å²) < 4.78 is 0. The number of aryl methyl sites for hydroxylation is 2. The van der Waals surface area contributed by atoms with Gasteiger partial charge in [-0.3, -0.25) is 0 Å². The fourth-order valence-electron chi connectivity index (χ4n) is 5.62. The van der Waals surface area contributed by atoms with Crippen LogP contribution in [0.25, 0.3) is 21.3 Å². The van der Waals surface area contributed by atoms with Crippen molar-refractivity contribution < 1.29 is 0 Å². The minimum Gasteiger partial charge on any atom is -0.362 e. The van der Waals surface area contributed by atoms with Gasteiger partial charge in [-0.25, -0.2) is 15.0 Å². The summed E-state index contributed by atoms with van der Waals surface area (Å²) in [5.41, 5.74) is 4.95. The van der Waals surface area contributed by atoms with E-state index in [1.807, 2.05) is 24.5 Å². The van der Waals surface area contributed by atoms with E-state index in [2.05, 4.69) is 114 Å². The second-order valence-corrected chi connectivity index (χ2v) is 12.6. The van der Waals surface area contributed by atoms with Gasteiger partial charge in [0.25, 0.3) is 0 Å². The third kappa shape index (κ3) is 6.26. The number of hydrogen-bond acceptors (Lipinski definition) is 7. The van der Waals surface area contributed by atoms with Gasteiger partial charge in [-0.2, -0.15) is 0 Å². The van der Waals surface area contributed by atoms with Crippen molar-refractivity contribution in [2.24, 2.45) is 5.92 Å². The summed E-state index contributed by atoms with van der Waals surface area (Å²) in [7, 11) is 4.23. The van der Waals surface area contributed by atoms with Crippen LogP contribution in [-0.4, -0.2) is 47.0 Å². The Morgan fingerprint density at radius 2 is 1.78 bits per heavy atom. The number of anilines is 2. The molecular weight excluding hydrogens is 524 g/mol. The SMILES string of the molecule is Cc1nc(NC(C)c2ccc(-c3ccccc3CN(C)C)s2)c2cc(N3CC(CCc4ccccc4)C3)ncc2n1. The Bertz CT molecular complexity index is 1620. The minimum absolute atomic E-state index is 0.107. The number of benzene rings is 2. The van der Waals surface area contributed by atoms with E-state index in [1.165, 1.54) is 32.9 Å². The van der Waals surface area contributed by atoms with Gasteiger partial charge < -0.3 is 15.1 Å². The van der Waals surface area contributed by atoms with E-state index in [0.29, 0.717) is 5.92 Å². The molecule has 2 aromatic carbocycles. The predicted molar refractivity (Wildman–Crippen MR) is 172 cm³/mol. The summed E-state index contributed by atoms with van der Waals surface area (Å²) in [6, 6.07) is 26.2. The molecule has 1 aliphatic heterocycles. The van der Waals surface area contributed by atoms with Gasteiger partial charge in [-0.1, -0.05) is 54.6 Å². The van der Waals surface area contributed by atoms with Crippen LogP contribution in [0.15, 0.2) is 79.0 Å². The summed E-state index contributed by atoms with van der Waals surface area (Å²) in [6.07, 6.45) is 4.25. The van der Waals surface area contributed by atoms with Crippen molar-refractivity contribution in [2.75, 3.05) is 37.4 Å². The van der Waals surface area contributed by atoms with Crippen LogP contribution in [0.5, 0.6) is 0 Å². The van der Waals surface area contributed by atoms with Gasteiger partial charge in [0.1, 0.15) is 17.5 Å². The highest BCUT2D eigenvalue weighted by atomic mass is 32.1. The number of hydrogen-bond donors (Lipinski definition) is 1. The van der Waals surface area contributed by atoms with Crippen molar-refractivity contribution >= 4 is 33.9 Å². The van der Waals surface area contributed by atoms with E-state index >= 15 is 0 Å². The lowest BCUT2D eigenvalue weighted by Crippen LogP contribution is -2.47.